The second kappa shape index (κ2) is 15.3. The van der Waals surface area contributed by atoms with Gasteiger partial charge in [-0.2, -0.15) is 0 Å². The van der Waals surface area contributed by atoms with E-state index in [1.54, 1.807) is 0 Å². The SMILES string of the molecule is C[C@H](N)C(=O)OC[C@H](N)C(=O)OC[C@H](N)C(=O)Oc1ccc(C[C@H](N)C(=O)OC(=O)[C@@H](N)CC(N)=O)cc1. The Hall–Kier alpha value is -3.96. The van der Waals surface area contributed by atoms with Crippen LogP contribution in [-0.2, 0) is 49.4 Å². The summed E-state index contributed by atoms with van der Waals surface area (Å²) in [5, 5.41) is 0. The number of primary amides is 1. The molecule has 1 rings (SSSR count). The van der Waals surface area contributed by atoms with Crippen molar-refractivity contribution in [1.82, 2.24) is 0 Å². The summed E-state index contributed by atoms with van der Waals surface area (Å²) in [5.74, 6) is -5.58. The van der Waals surface area contributed by atoms with Crippen LogP contribution in [0.4, 0.5) is 0 Å². The third kappa shape index (κ3) is 11.4. The van der Waals surface area contributed by atoms with Crippen LogP contribution in [0.15, 0.2) is 24.3 Å². The van der Waals surface area contributed by atoms with Crippen molar-refractivity contribution in [3.05, 3.63) is 29.8 Å². The molecule has 0 saturated heterocycles. The zero-order chi connectivity index (χ0) is 29.0. The van der Waals surface area contributed by atoms with Gasteiger partial charge in [0.2, 0.25) is 5.91 Å². The van der Waals surface area contributed by atoms with Crippen molar-refractivity contribution in [2.75, 3.05) is 13.2 Å². The van der Waals surface area contributed by atoms with Gasteiger partial charge in [-0.15, -0.1) is 0 Å². The summed E-state index contributed by atoms with van der Waals surface area (Å²) in [6.45, 7) is 0.378. The molecule has 0 bridgehead atoms. The summed E-state index contributed by atoms with van der Waals surface area (Å²) < 4.78 is 19.2. The Morgan fingerprint density at radius 3 is 1.71 bits per heavy atom. The minimum Gasteiger partial charge on any atom is -0.462 e. The van der Waals surface area contributed by atoms with Crippen LogP contribution in [0.25, 0.3) is 0 Å². The molecule has 0 heterocycles. The molecule has 38 heavy (non-hydrogen) atoms. The minimum atomic E-state index is -1.39. The van der Waals surface area contributed by atoms with E-state index in [1.807, 2.05) is 0 Å². The number of benzene rings is 1. The Morgan fingerprint density at radius 2 is 1.18 bits per heavy atom. The number of hydrogen-bond donors (Lipinski definition) is 6. The fourth-order valence-electron chi connectivity index (χ4n) is 2.49. The maximum absolute atomic E-state index is 12.2. The zero-order valence-corrected chi connectivity index (χ0v) is 20.6. The molecule has 0 fully saturated rings. The van der Waals surface area contributed by atoms with Crippen molar-refractivity contribution in [2.45, 2.75) is 50.0 Å². The van der Waals surface area contributed by atoms with E-state index in [2.05, 4.69) is 4.74 Å². The molecule has 0 aliphatic heterocycles. The van der Waals surface area contributed by atoms with Gasteiger partial charge in [0, 0.05) is 0 Å². The molecule has 1 amide bonds. The van der Waals surface area contributed by atoms with Gasteiger partial charge in [0.15, 0.2) is 0 Å². The summed E-state index contributed by atoms with van der Waals surface area (Å²) in [4.78, 5) is 69.8. The van der Waals surface area contributed by atoms with E-state index in [0.717, 1.165) is 0 Å². The molecule has 12 N–H and O–H groups in total. The maximum Gasteiger partial charge on any atom is 0.331 e. The molecule has 1 aromatic rings. The average molecular weight is 541 g/mol. The molecular formula is C22H32N6O10. The lowest BCUT2D eigenvalue weighted by Crippen LogP contribution is -2.43. The summed E-state index contributed by atoms with van der Waals surface area (Å²) >= 11 is 0. The van der Waals surface area contributed by atoms with Crippen molar-refractivity contribution in [3.63, 3.8) is 0 Å². The molecule has 5 atom stereocenters. The van der Waals surface area contributed by atoms with E-state index in [4.69, 9.17) is 48.6 Å². The molecule has 1 aromatic carbocycles. The highest BCUT2D eigenvalue weighted by molar-refractivity contribution is 5.93. The molecule has 16 nitrogen and oxygen atoms in total. The number of esters is 5. The number of amides is 1. The van der Waals surface area contributed by atoms with Crippen LogP contribution < -0.4 is 39.1 Å². The first-order chi connectivity index (χ1) is 17.7. The Bertz CT molecular complexity index is 1020. The van der Waals surface area contributed by atoms with Gasteiger partial charge in [-0.25, -0.2) is 14.4 Å². The lowest BCUT2D eigenvalue weighted by Gasteiger charge is -2.15. The minimum absolute atomic E-state index is 0.0410. The normalized spacial score (nSPS) is 14.7. The quantitative estimate of drug-likeness (QED) is 0.0564. The highest BCUT2D eigenvalue weighted by Crippen LogP contribution is 2.14. The number of carbonyl (C=O) groups is 6. The summed E-state index contributed by atoms with van der Waals surface area (Å²) in [5.41, 5.74) is 33.1. The average Bonchev–Trinajstić information content (AvgIpc) is 2.85. The number of hydrogen-bond acceptors (Lipinski definition) is 15. The van der Waals surface area contributed by atoms with Gasteiger partial charge in [-0.3, -0.25) is 14.4 Å². The van der Waals surface area contributed by atoms with Crippen molar-refractivity contribution >= 4 is 35.8 Å². The van der Waals surface area contributed by atoms with Crippen LogP contribution in [-0.4, -0.2) is 79.2 Å². The Balaban J connectivity index is 2.50. The lowest BCUT2D eigenvalue weighted by atomic mass is 10.1. The predicted molar refractivity (Wildman–Crippen MR) is 128 cm³/mol. The topological polar surface area (TPSA) is 295 Å². The Kier molecular flexibility index (Phi) is 12.9. The smallest absolute Gasteiger partial charge is 0.331 e. The number of ether oxygens (including phenoxy) is 4. The fourth-order valence-corrected chi connectivity index (χ4v) is 2.49. The first kappa shape index (κ1) is 32.1. The van der Waals surface area contributed by atoms with E-state index in [1.165, 1.54) is 31.2 Å². The van der Waals surface area contributed by atoms with E-state index in [0.29, 0.717) is 5.56 Å². The highest BCUT2D eigenvalue weighted by atomic mass is 16.6. The standard InChI is InChI=1S/C22H32N6O10/c1-10(23)18(30)35-8-15(26)19(31)36-9-16(27)22(34)37-12-4-2-11(3-5-12)6-13(24)20(32)38-21(33)14(25)7-17(28)29/h2-5,10,13-16H,6-9,23-27H2,1H3,(H2,28,29)/t10-,13-,14-,15-,16-/m0/s1. The van der Waals surface area contributed by atoms with E-state index < -0.39 is 85.6 Å². The Labute approximate surface area is 217 Å². The van der Waals surface area contributed by atoms with E-state index in [-0.39, 0.29) is 12.2 Å². The van der Waals surface area contributed by atoms with Crippen molar-refractivity contribution < 1.29 is 47.7 Å². The molecule has 0 spiro atoms. The first-order valence-corrected chi connectivity index (χ1v) is 11.2. The maximum atomic E-state index is 12.2. The van der Waals surface area contributed by atoms with Crippen molar-refractivity contribution in [2.24, 2.45) is 34.4 Å². The summed E-state index contributed by atoms with van der Waals surface area (Å²) in [6.07, 6.45) is -0.534. The molecule has 0 aliphatic carbocycles. The van der Waals surface area contributed by atoms with Crippen LogP contribution in [0.1, 0.15) is 18.9 Å². The van der Waals surface area contributed by atoms with Gasteiger partial charge in [0.25, 0.3) is 0 Å². The zero-order valence-electron chi connectivity index (χ0n) is 20.6. The third-order valence-corrected chi connectivity index (χ3v) is 4.61. The van der Waals surface area contributed by atoms with Crippen LogP contribution in [0, 0.1) is 0 Å². The molecule has 16 heteroatoms. The van der Waals surface area contributed by atoms with E-state index in [9.17, 15) is 28.8 Å². The third-order valence-electron chi connectivity index (χ3n) is 4.61. The van der Waals surface area contributed by atoms with Gasteiger partial charge < -0.3 is 53.3 Å². The molecule has 0 saturated carbocycles. The highest BCUT2D eigenvalue weighted by Gasteiger charge is 2.25. The molecule has 0 aliphatic rings. The van der Waals surface area contributed by atoms with Gasteiger partial charge in [0.05, 0.1) is 6.42 Å². The molecule has 210 valence electrons. The van der Waals surface area contributed by atoms with Crippen LogP contribution in [0.2, 0.25) is 0 Å². The lowest BCUT2D eigenvalue weighted by molar-refractivity contribution is -0.162. The molecular weight excluding hydrogens is 508 g/mol. The van der Waals surface area contributed by atoms with E-state index >= 15 is 0 Å². The predicted octanol–water partition coefficient (Wildman–Crippen LogP) is -4.18. The van der Waals surface area contributed by atoms with Crippen LogP contribution in [0.3, 0.4) is 0 Å². The van der Waals surface area contributed by atoms with Crippen molar-refractivity contribution in [3.8, 4) is 5.75 Å². The fraction of sp³-hybridized carbons (Fsp3) is 0.455. The van der Waals surface area contributed by atoms with Crippen LogP contribution in [0.5, 0.6) is 5.75 Å². The van der Waals surface area contributed by atoms with Gasteiger partial charge >= 0.3 is 29.8 Å². The molecule has 0 aromatic heterocycles. The molecule has 0 unspecified atom stereocenters. The number of rotatable bonds is 14. The second-order valence-electron chi connectivity index (χ2n) is 8.15. The largest absolute Gasteiger partial charge is 0.462 e. The monoisotopic (exact) mass is 540 g/mol. The van der Waals surface area contributed by atoms with Gasteiger partial charge in [-0.1, -0.05) is 12.1 Å². The van der Waals surface area contributed by atoms with Crippen molar-refractivity contribution in [1.29, 1.82) is 0 Å². The number of carbonyl (C=O) groups excluding carboxylic acids is 6. The summed E-state index contributed by atoms with van der Waals surface area (Å²) in [7, 11) is 0. The second-order valence-corrected chi connectivity index (χ2v) is 8.15. The van der Waals surface area contributed by atoms with Gasteiger partial charge in [-0.05, 0) is 31.0 Å². The van der Waals surface area contributed by atoms with Gasteiger partial charge in [0.1, 0.15) is 49.2 Å². The molecule has 0 radical (unpaired) electrons. The summed E-state index contributed by atoms with van der Waals surface area (Å²) in [6, 6.07) is -0.407. The number of nitrogens with two attached hydrogens (primary N) is 6. The Morgan fingerprint density at radius 1 is 0.684 bits per heavy atom. The van der Waals surface area contributed by atoms with Crippen LogP contribution >= 0.6 is 0 Å². The first-order valence-electron chi connectivity index (χ1n) is 11.2.